The van der Waals surface area contributed by atoms with Gasteiger partial charge in [0.1, 0.15) is 11.9 Å². The number of hydrogen-bond acceptors (Lipinski definition) is 12. The Bertz CT molecular complexity index is 2810. The summed E-state index contributed by atoms with van der Waals surface area (Å²) in [5.74, 6) is -1.51. The standard InChI is InChI=1S/C50H59N11O7/c1-30(2)61-41-26-34(25-36(38(41)29-55-61)46(64)54-28-37-31(3)24-32(4)56-47(37)65)33-12-14-42(53-27-33)59-22-20-58(21-23-59)19-16-43(62)52-18-8-6-5-7-17-51-39-11-9-10-35-45(39)50(68)60(49(35)67)40-13-15-44(63)57-48(40)66/h9-12,14,24-27,29-30,40,51H,5-8,13,15-23,28H2,1-4H3,(H,52,62)(H,54,64)(H,56,65)(H,57,63,66). The zero-order valence-electron chi connectivity index (χ0n) is 39.1. The Labute approximate surface area is 394 Å². The van der Waals surface area contributed by atoms with E-state index >= 15 is 0 Å². The molecular weight excluding hydrogens is 867 g/mol. The highest BCUT2D eigenvalue weighted by Crippen LogP contribution is 2.33. The molecule has 2 saturated heterocycles. The molecule has 1 unspecified atom stereocenters. The number of carbonyl (C=O) groups is 6. The third-order valence-electron chi connectivity index (χ3n) is 13.0. The summed E-state index contributed by atoms with van der Waals surface area (Å²) in [5.41, 5.74) is 5.93. The zero-order chi connectivity index (χ0) is 48.1. The van der Waals surface area contributed by atoms with E-state index in [9.17, 15) is 33.6 Å². The maximum Gasteiger partial charge on any atom is 0.264 e. The fourth-order valence-corrected chi connectivity index (χ4v) is 9.29. The number of aromatic amines is 1. The number of carbonyl (C=O) groups excluding carboxylic acids is 6. The quantitative estimate of drug-likeness (QED) is 0.0600. The molecule has 68 heavy (non-hydrogen) atoms. The van der Waals surface area contributed by atoms with Crippen LogP contribution in [0.3, 0.4) is 0 Å². The lowest BCUT2D eigenvalue weighted by Crippen LogP contribution is -2.54. The van der Waals surface area contributed by atoms with Crippen LogP contribution >= 0.6 is 0 Å². The van der Waals surface area contributed by atoms with Crippen LogP contribution in [-0.2, 0) is 20.9 Å². The number of rotatable bonds is 18. The first kappa shape index (κ1) is 47.3. The Morgan fingerprint density at radius 1 is 0.853 bits per heavy atom. The molecule has 3 aliphatic heterocycles. The number of benzene rings is 2. The number of fused-ring (bicyclic) bond motifs is 2. The number of H-pyrrole nitrogens is 1. The van der Waals surface area contributed by atoms with Gasteiger partial charge in [-0.1, -0.05) is 18.9 Å². The molecule has 0 spiro atoms. The van der Waals surface area contributed by atoms with E-state index in [4.69, 9.17) is 4.98 Å². The summed E-state index contributed by atoms with van der Waals surface area (Å²) in [4.78, 5) is 103. The van der Waals surface area contributed by atoms with Gasteiger partial charge in [-0.3, -0.25) is 53.4 Å². The highest BCUT2D eigenvalue weighted by atomic mass is 16.2. The van der Waals surface area contributed by atoms with Crippen LogP contribution in [-0.4, -0.2) is 117 Å². The van der Waals surface area contributed by atoms with Crippen molar-refractivity contribution in [3.05, 3.63) is 105 Å². The molecule has 0 bridgehead atoms. The smallest absolute Gasteiger partial charge is 0.264 e. The van der Waals surface area contributed by atoms with Crippen molar-refractivity contribution in [3.8, 4) is 11.1 Å². The molecule has 0 saturated carbocycles. The van der Waals surface area contributed by atoms with Gasteiger partial charge in [0.25, 0.3) is 23.3 Å². The van der Waals surface area contributed by atoms with Gasteiger partial charge in [-0.25, -0.2) is 4.98 Å². The highest BCUT2D eigenvalue weighted by molar-refractivity contribution is 6.25. The number of amides is 6. The maximum atomic E-state index is 13.7. The lowest BCUT2D eigenvalue weighted by molar-refractivity contribution is -0.136. The summed E-state index contributed by atoms with van der Waals surface area (Å²) >= 11 is 0. The van der Waals surface area contributed by atoms with Gasteiger partial charge in [0.05, 0.1) is 28.4 Å². The third kappa shape index (κ3) is 10.3. The molecule has 6 heterocycles. The molecule has 5 aromatic rings. The fraction of sp³-hybridized carbons (Fsp3) is 0.420. The Morgan fingerprint density at radius 3 is 2.35 bits per heavy atom. The number of nitrogens with zero attached hydrogens (tertiary/aromatic N) is 6. The topological polar surface area (TPSA) is 224 Å². The average Bonchev–Trinajstić information content (AvgIpc) is 3.87. The minimum Gasteiger partial charge on any atom is -0.384 e. The molecule has 2 fully saturated rings. The Hall–Kier alpha value is -7.21. The Morgan fingerprint density at radius 2 is 1.63 bits per heavy atom. The number of nitrogens with one attached hydrogen (secondary N) is 5. The number of hydrogen-bond donors (Lipinski definition) is 5. The van der Waals surface area contributed by atoms with E-state index in [1.165, 1.54) is 0 Å². The van der Waals surface area contributed by atoms with Crippen molar-refractivity contribution in [1.82, 2.24) is 45.5 Å². The van der Waals surface area contributed by atoms with Gasteiger partial charge in [-0.05, 0) is 101 Å². The van der Waals surface area contributed by atoms with E-state index in [0.29, 0.717) is 42.9 Å². The summed E-state index contributed by atoms with van der Waals surface area (Å²) in [6, 6.07) is 13.9. The molecule has 2 aromatic carbocycles. The number of aryl methyl sites for hydroxylation is 2. The molecular formula is C50H59N11O7. The van der Waals surface area contributed by atoms with E-state index in [1.54, 1.807) is 24.4 Å². The second-order valence-electron chi connectivity index (χ2n) is 18.1. The highest BCUT2D eigenvalue weighted by Gasteiger charge is 2.45. The van der Waals surface area contributed by atoms with Crippen molar-refractivity contribution < 1.29 is 28.8 Å². The monoisotopic (exact) mass is 925 g/mol. The number of anilines is 2. The van der Waals surface area contributed by atoms with E-state index in [0.717, 1.165) is 95.9 Å². The van der Waals surface area contributed by atoms with Crippen molar-refractivity contribution in [1.29, 1.82) is 0 Å². The minimum atomic E-state index is -1.01. The maximum absolute atomic E-state index is 13.7. The van der Waals surface area contributed by atoms with Crippen molar-refractivity contribution in [2.45, 2.75) is 91.3 Å². The largest absolute Gasteiger partial charge is 0.384 e. The average molecular weight is 926 g/mol. The van der Waals surface area contributed by atoms with E-state index in [2.05, 4.69) is 41.1 Å². The molecule has 18 nitrogen and oxygen atoms in total. The Balaban J connectivity index is 0.747. The molecule has 356 valence electrons. The second kappa shape index (κ2) is 20.8. The summed E-state index contributed by atoms with van der Waals surface area (Å²) in [5, 5.41) is 16.8. The SMILES string of the molecule is Cc1cc(C)c(CNC(=O)c2cc(-c3ccc(N4CCN(CCC(=O)NCCCCCCNc5cccc6c5C(=O)N(C5CCC(=O)NC5=O)C6=O)CC4)nc3)cc3c2cnn3C(C)C)c(=O)[nH]1. The number of aromatic nitrogens is 4. The van der Waals surface area contributed by atoms with Crippen LogP contribution < -0.4 is 31.7 Å². The first-order valence-corrected chi connectivity index (χ1v) is 23.5. The van der Waals surface area contributed by atoms with Crippen molar-refractivity contribution >= 4 is 57.9 Å². The Kier molecular flexibility index (Phi) is 14.4. The molecule has 3 aromatic heterocycles. The van der Waals surface area contributed by atoms with Gasteiger partial charge in [0.2, 0.25) is 17.7 Å². The lowest BCUT2D eigenvalue weighted by Gasteiger charge is -2.35. The first-order valence-electron chi connectivity index (χ1n) is 23.5. The fourth-order valence-electron chi connectivity index (χ4n) is 9.29. The molecule has 0 aliphatic carbocycles. The van der Waals surface area contributed by atoms with Gasteiger partial charge in [0, 0.05) is 105 Å². The van der Waals surface area contributed by atoms with Crippen LogP contribution in [0.2, 0.25) is 0 Å². The van der Waals surface area contributed by atoms with Gasteiger partial charge in [-0.2, -0.15) is 5.10 Å². The second-order valence-corrected chi connectivity index (χ2v) is 18.1. The van der Waals surface area contributed by atoms with Gasteiger partial charge in [0.15, 0.2) is 0 Å². The van der Waals surface area contributed by atoms with Crippen molar-refractivity contribution in [2.24, 2.45) is 0 Å². The third-order valence-corrected chi connectivity index (χ3v) is 13.0. The summed E-state index contributed by atoms with van der Waals surface area (Å²) in [6.45, 7) is 12.9. The predicted octanol–water partition coefficient (Wildman–Crippen LogP) is 4.62. The number of piperidine rings is 1. The molecule has 18 heteroatoms. The lowest BCUT2D eigenvalue weighted by atomic mass is 10.0. The molecule has 5 N–H and O–H groups in total. The first-order chi connectivity index (χ1) is 32.8. The molecule has 0 radical (unpaired) electrons. The van der Waals surface area contributed by atoms with Crippen molar-refractivity contribution in [3.63, 3.8) is 0 Å². The number of pyridine rings is 2. The van der Waals surface area contributed by atoms with Crippen LogP contribution in [0, 0.1) is 13.8 Å². The zero-order valence-corrected chi connectivity index (χ0v) is 39.1. The van der Waals surface area contributed by atoms with Crippen LogP contribution in [0.15, 0.2) is 65.7 Å². The van der Waals surface area contributed by atoms with E-state index in [-0.39, 0.29) is 53.9 Å². The van der Waals surface area contributed by atoms with E-state index < -0.39 is 29.7 Å². The predicted molar refractivity (Wildman–Crippen MR) is 257 cm³/mol. The molecule has 1 atom stereocenters. The van der Waals surface area contributed by atoms with Crippen LogP contribution in [0.5, 0.6) is 0 Å². The molecule has 8 rings (SSSR count). The van der Waals surface area contributed by atoms with Gasteiger partial charge < -0.3 is 25.8 Å². The molecule has 3 aliphatic rings. The van der Waals surface area contributed by atoms with Crippen LogP contribution in [0.25, 0.3) is 22.0 Å². The number of piperazine rings is 1. The van der Waals surface area contributed by atoms with Crippen molar-refractivity contribution in [2.75, 3.05) is 56.0 Å². The van der Waals surface area contributed by atoms with E-state index in [1.807, 2.05) is 68.9 Å². The summed E-state index contributed by atoms with van der Waals surface area (Å²) < 4.78 is 1.90. The summed E-state index contributed by atoms with van der Waals surface area (Å²) in [6.07, 6.45) is 7.65. The van der Waals surface area contributed by atoms with Crippen LogP contribution in [0.1, 0.15) is 113 Å². The minimum absolute atomic E-state index is 0.0294. The number of imide groups is 2. The van der Waals surface area contributed by atoms with Crippen LogP contribution in [0.4, 0.5) is 11.5 Å². The van der Waals surface area contributed by atoms with Gasteiger partial charge in [-0.15, -0.1) is 0 Å². The molecule has 6 amide bonds. The summed E-state index contributed by atoms with van der Waals surface area (Å²) in [7, 11) is 0. The number of unbranched alkanes of at least 4 members (excludes halogenated alkanes) is 3. The normalized spacial score (nSPS) is 16.4. The van der Waals surface area contributed by atoms with Gasteiger partial charge >= 0.3 is 0 Å².